The number of halogens is 3. The number of alkyl halides is 3. The Bertz CT molecular complexity index is 700. The van der Waals surface area contributed by atoms with Crippen molar-refractivity contribution in [3.05, 3.63) is 48.0 Å². The third-order valence-corrected chi connectivity index (χ3v) is 4.00. The molecule has 0 fully saturated rings. The Balaban J connectivity index is 0.00000120. The van der Waals surface area contributed by atoms with E-state index in [0.717, 1.165) is 35.3 Å². The van der Waals surface area contributed by atoms with Crippen LogP contribution >= 0.6 is 8.19 Å². The molecule has 0 unspecified atom stereocenters. The zero-order valence-electron chi connectivity index (χ0n) is 9.62. The molecule has 3 aromatic rings. The minimum Gasteiger partial charge on any atom is -0.514 e. The van der Waals surface area contributed by atoms with E-state index in [-0.39, 0.29) is 18.9 Å². The van der Waals surface area contributed by atoms with Gasteiger partial charge in [0.1, 0.15) is 0 Å². The fraction of sp³-hybridized carbons (Fsp3) is 0.0769. The molecule has 0 saturated carbocycles. The first-order valence-electron chi connectivity index (χ1n) is 5.08. The summed E-state index contributed by atoms with van der Waals surface area (Å²) in [6.07, 6.45) is -4.26. The first-order valence-corrected chi connectivity index (χ1v) is 5.97. The van der Waals surface area contributed by atoms with Crippen molar-refractivity contribution in [1.29, 1.82) is 0 Å². The number of hydrogen-bond donors (Lipinski definition) is 0. The fourth-order valence-corrected chi connectivity index (χ4v) is 3.21. The van der Waals surface area contributed by atoms with Gasteiger partial charge in [-0.2, -0.15) is 23.4 Å². The topological polar surface area (TPSA) is 0 Å². The van der Waals surface area contributed by atoms with Gasteiger partial charge in [-0.1, -0.05) is 36.4 Å². The van der Waals surface area contributed by atoms with Crippen molar-refractivity contribution in [3.63, 3.8) is 0 Å². The minimum atomic E-state index is -4.26. The second-order valence-electron chi connectivity index (χ2n) is 3.86. The molecule has 0 amide bonds. The summed E-state index contributed by atoms with van der Waals surface area (Å²) in [4.78, 5) is 0. The molecule has 0 aliphatic carbocycles. The first kappa shape index (κ1) is 13.6. The normalized spacial score (nSPS) is 12.2. The third kappa shape index (κ3) is 2.19. The van der Waals surface area contributed by atoms with E-state index in [4.69, 9.17) is 0 Å². The Kier molecular flexibility index (Phi) is 3.51. The minimum absolute atomic E-state index is 0. The van der Waals surface area contributed by atoms with Crippen LogP contribution in [-0.2, 0) is 6.18 Å². The summed E-state index contributed by atoms with van der Waals surface area (Å²) in [7, 11) is 0.859. The Labute approximate surface area is 115 Å². The van der Waals surface area contributed by atoms with Crippen LogP contribution in [0.1, 0.15) is 5.56 Å². The summed E-state index contributed by atoms with van der Waals surface area (Å²) in [5.41, 5.74) is -0.573. The SMILES string of the molecule is FC(F)(F)c1ccc2c(c1)[p-]c1ccccc12.[Li+]. The summed E-state index contributed by atoms with van der Waals surface area (Å²) in [6, 6.07) is 11.7. The van der Waals surface area contributed by atoms with Crippen LogP contribution in [0, 0.1) is 0 Å². The Morgan fingerprint density at radius 2 is 1.50 bits per heavy atom. The van der Waals surface area contributed by atoms with Gasteiger partial charge >= 0.3 is 25.0 Å². The van der Waals surface area contributed by atoms with Crippen LogP contribution in [0.15, 0.2) is 42.5 Å². The second kappa shape index (κ2) is 4.66. The molecule has 3 rings (SSSR count). The van der Waals surface area contributed by atoms with E-state index in [1.807, 2.05) is 24.3 Å². The van der Waals surface area contributed by atoms with Crippen molar-refractivity contribution in [2.75, 3.05) is 0 Å². The van der Waals surface area contributed by atoms with E-state index in [1.54, 1.807) is 6.07 Å². The molecule has 0 N–H and O–H groups in total. The van der Waals surface area contributed by atoms with Crippen LogP contribution in [0.2, 0.25) is 0 Å². The fourth-order valence-electron chi connectivity index (χ4n) is 1.96. The van der Waals surface area contributed by atoms with E-state index in [0.29, 0.717) is 0 Å². The molecule has 0 spiro atoms. The Morgan fingerprint density at radius 3 is 2.22 bits per heavy atom. The van der Waals surface area contributed by atoms with Gasteiger partial charge in [0, 0.05) is 0 Å². The van der Waals surface area contributed by atoms with Crippen LogP contribution in [-0.4, -0.2) is 0 Å². The van der Waals surface area contributed by atoms with Crippen molar-refractivity contribution in [3.8, 4) is 0 Å². The number of fused-ring (bicyclic) bond motifs is 3. The van der Waals surface area contributed by atoms with E-state index in [2.05, 4.69) is 0 Å². The number of benzene rings is 2. The average Bonchev–Trinajstić information content (AvgIpc) is 2.65. The van der Waals surface area contributed by atoms with Gasteiger partial charge in [-0.05, 0) is 16.8 Å². The summed E-state index contributed by atoms with van der Waals surface area (Å²) in [5.74, 6) is 0. The predicted octanol–water partition coefficient (Wildman–Crippen LogP) is 2.31. The molecule has 18 heavy (non-hydrogen) atoms. The smallest absolute Gasteiger partial charge is 0.514 e. The van der Waals surface area contributed by atoms with Gasteiger partial charge in [-0.15, -0.1) is 0 Å². The van der Waals surface area contributed by atoms with Gasteiger partial charge in [0.2, 0.25) is 0 Å². The summed E-state index contributed by atoms with van der Waals surface area (Å²) >= 11 is 0. The van der Waals surface area contributed by atoms with Crippen LogP contribution in [0.4, 0.5) is 13.2 Å². The molecule has 1 heterocycles. The summed E-state index contributed by atoms with van der Waals surface area (Å²) in [6.45, 7) is 0. The van der Waals surface area contributed by atoms with Crippen LogP contribution in [0.3, 0.4) is 0 Å². The number of hydrogen-bond acceptors (Lipinski definition) is 0. The quantitative estimate of drug-likeness (QED) is 0.543. The molecule has 0 radical (unpaired) electrons. The number of rotatable bonds is 0. The molecule has 2 aromatic carbocycles. The Hall–Kier alpha value is -0.873. The summed E-state index contributed by atoms with van der Waals surface area (Å²) in [5, 5.41) is 3.76. The molecule has 86 valence electrons. The van der Waals surface area contributed by atoms with Crippen molar-refractivity contribution >= 4 is 29.2 Å². The zero-order valence-corrected chi connectivity index (χ0v) is 10.5. The maximum atomic E-state index is 12.6. The molecule has 0 bridgehead atoms. The third-order valence-electron chi connectivity index (χ3n) is 2.76. The zero-order chi connectivity index (χ0) is 12.0. The van der Waals surface area contributed by atoms with E-state index < -0.39 is 11.7 Å². The molecule has 0 nitrogen and oxygen atoms in total. The van der Waals surface area contributed by atoms with Gasteiger partial charge < -0.3 is 8.19 Å². The van der Waals surface area contributed by atoms with Crippen molar-refractivity contribution in [2.45, 2.75) is 6.18 Å². The van der Waals surface area contributed by atoms with Crippen molar-refractivity contribution < 1.29 is 32.0 Å². The molecule has 0 atom stereocenters. The van der Waals surface area contributed by atoms with E-state index in [1.165, 1.54) is 6.07 Å². The van der Waals surface area contributed by atoms with Crippen molar-refractivity contribution in [2.24, 2.45) is 0 Å². The molecular weight excluding hydrogens is 251 g/mol. The van der Waals surface area contributed by atoms with Gasteiger partial charge in [0.15, 0.2) is 0 Å². The largest absolute Gasteiger partial charge is 1.00 e. The van der Waals surface area contributed by atoms with E-state index in [9.17, 15) is 13.2 Å². The van der Waals surface area contributed by atoms with Crippen LogP contribution in [0.25, 0.3) is 21.0 Å². The van der Waals surface area contributed by atoms with E-state index >= 15 is 0 Å². The molecule has 0 aliphatic heterocycles. The molecule has 0 saturated heterocycles. The first-order chi connectivity index (χ1) is 8.05. The Morgan fingerprint density at radius 1 is 0.833 bits per heavy atom. The molecule has 5 heteroatoms. The second-order valence-corrected chi connectivity index (χ2v) is 5.05. The van der Waals surface area contributed by atoms with Gasteiger partial charge in [-0.3, -0.25) is 0 Å². The van der Waals surface area contributed by atoms with Crippen molar-refractivity contribution in [1.82, 2.24) is 0 Å². The molecule has 1 aromatic heterocycles. The van der Waals surface area contributed by atoms with Crippen LogP contribution < -0.4 is 18.9 Å². The summed E-state index contributed by atoms with van der Waals surface area (Å²) < 4.78 is 37.7. The molecule has 0 aliphatic rings. The van der Waals surface area contributed by atoms with Gasteiger partial charge in [0.25, 0.3) is 0 Å². The van der Waals surface area contributed by atoms with Crippen LogP contribution in [0.5, 0.6) is 0 Å². The average molecular weight is 258 g/mol. The van der Waals surface area contributed by atoms with Gasteiger partial charge in [0.05, 0.1) is 5.56 Å². The maximum Gasteiger partial charge on any atom is 1.00 e. The standard InChI is InChI=1S/C13H7F3P.Li/c14-13(15,16)8-5-6-10-9-3-1-2-4-11(9)17-12(10)7-8;/h1-7H;/q-1;+1. The van der Waals surface area contributed by atoms with Gasteiger partial charge in [-0.25, -0.2) is 0 Å². The predicted molar refractivity (Wildman–Crippen MR) is 64.6 cm³/mol. The maximum absolute atomic E-state index is 12.6. The molecular formula is C13H7F3LiP. The monoisotopic (exact) mass is 258 g/mol.